The van der Waals surface area contributed by atoms with Crippen LogP contribution in [0.5, 0.6) is 17.2 Å². The lowest BCUT2D eigenvalue weighted by molar-refractivity contribution is 0.372. The highest BCUT2D eigenvalue weighted by atomic mass is 16.5. The van der Waals surface area contributed by atoms with Crippen LogP contribution in [0.4, 0.5) is 0 Å². The Hall–Kier alpha value is -3.18. The number of benzene rings is 2. The second-order valence-corrected chi connectivity index (χ2v) is 4.54. The fourth-order valence-corrected chi connectivity index (χ4v) is 2.29. The van der Waals surface area contributed by atoms with E-state index in [-0.39, 0.29) is 22.6 Å². The van der Waals surface area contributed by atoms with Gasteiger partial charge in [0, 0.05) is 12.5 Å². The zero-order chi connectivity index (χ0) is 16.1. The molecule has 5 heteroatoms. The highest BCUT2D eigenvalue weighted by molar-refractivity contribution is 5.63. The van der Waals surface area contributed by atoms with E-state index in [0.717, 1.165) is 5.56 Å². The Morgan fingerprint density at radius 3 is 2.32 bits per heavy atom. The van der Waals surface area contributed by atoms with Crippen molar-refractivity contribution in [3.8, 4) is 29.4 Å². The maximum Gasteiger partial charge on any atom is 0.176 e. The molecule has 2 aromatic rings. The maximum atomic E-state index is 10.1. The van der Waals surface area contributed by atoms with Crippen LogP contribution in [-0.4, -0.2) is 19.3 Å². The number of methoxy groups -OCH3 is 2. The molecule has 0 spiro atoms. The van der Waals surface area contributed by atoms with Gasteiger partial charge < -0.3 is 14.6 Å². The smallest absolute Gasteiger partial charge is 0.176 e. The lowest BCUT2D eigenvalue weighted by atomic mass is 9.94. The number of aromatic hydroxyl groups is 1. The zero-order valence-electron chi connectivity index (χ0n) is 12.3. The second kappa shape index (κ2) is 6.51. The highest BCUT2D eigenvalue weighted by Gasteiger charge is 2.19. The van der Waals surface area contributed by atoms with Crippen LogP contribution >= 0.6 is 0 Å². The summed E-state index contributed by atoms with van der Waals surface area (Å²) < 4.78 is 10.3. The average molecular weight is 294 g/mol. The van der Waals surface area contributed by atoms with Gasteiger partial charge in [-0.1, -0.05) is 18.2 Å². The first-order chi connectivity index (χ1) is 10.7. The van der Waals surface area contributed by atoms with E-state index in [1.807, 2.05) is 30.3 Å². The summed E-state index contributed by atoms with van der Waals surface area (Å²) in [6.45, 7) is 0. The monoisotopic (exact) mass is 294 g/mol. The van der Waals surface area contributed by atoms with Crippen LogP contribution in [0.15, 0.2) is 30.3 Å². The molecule has 0 radical (unpaired) electrons. The van der Waals surface area contributed by atoms with Gasteiger partial charge in [-0.15, -0.1) is 0 Å². The predicted octanol–water partition coefficient (Wildman–Crippen LogP) is 2.74. The van der Waals surface area contributed by atoms with Crippen molar-refractivity contribution in [1.29, 1.82) is 10.5 Å². The van der Waals surface area contributed by atoms with Gasteiger partial charge in [0.25, 0.3) is 0 Å². The third-order valence-corrected chi connectivity index (χ3v) is 3.38. The highest BCUT2D eigenvalue weighted by Crippen LogP contribution is 2.36. The standard InChI is InChI=1S/C17H14N2O3/c1-21-15-6-4-3-5-11(15)7-13-12(9-18)8-16(22-2)17(20)14(13)10-19/h3-6,8,20H,7H2,1-2H3. The summed E-state index contributed by atoms with van der Waals surface area (Å²) in [5.41, 5.74) is 1.61. The molecule has 0 saturated carbocycles. The predicted molar refractivity (Wildman–Crippen MR) is 79.9 cm³/mol. The minimum absolute atomic E-state index is 0.0433. The van der Waals surface area contributed by atoms with Crippen LogP contribution in [0.2, 0.25) is 0 Å². The molecular formula is C17H14N2O3. The minimum atomic E-state index is -0.256. The summed E-state index contributed by atoms with van der Waals surface area (Å²) in [7, 11) is 2.93. The zero-order valence-corrected chi connectivity index (χ0v) is 12.3. The molecule has 110 valence electrons. The number of rotatable bonds is 4. The number of phenols is 1. The van der Waals surface area contributed by atoms with Gasteiger partial charge in [-0.3, -0.25) is 0 Å². The van der Waals surface area contributed by atoms with Gasteiger partial charge in [-0.2, -0.15) is 10.5 Å². The van der Waals surface area contributed by atoms with Crippen molar-refractivity contribution in [2.24, 2.45) is 0 Å². The Morgan fingerprint density at radius 2 is 1.73 bits per heavy atom. The summed E-state index contributed by atoms with van der Waals surface area (Å²) >= 11 is 0. The molecule has 0 heterocycles. The van der Waals surface area contributed by atoms with Gasteiger partial charge in [0.1, 0.15) is 17.4 Å². The van der Waals surface area contributed by atoms with Crippen LogP contribution in [0.3, 0.4) is 0 Å². The summed E-state index contributed by atoms with van der Waals surface area (Å²) in [5.74, 6) is 0.511. The molecule has 2 aromatic carbocycles. The lowest BCUT2D eigenvalue weighted by Crippen LogP contribution is -2.01. The molecule has 0 atom stereocenters. The van der Waals surface area contributed by atoms with Crippen molar-refractivity contribution in [1.82, 2.24) is 0 Å². The quantitative estimate of drug-likeness (QED) is 0.937. The molecule has 2 rings (SSSR count). The van der Waals surface area contributed by atoms with Crippen LogP contribution in [0.25, 0.3) is 0 Å². The molecule has 0 unspecified atom stereocenters. The first-order valence-electron chi connectivity index (χ1n) is 6.51. The number of para-hydroxylation sites is 1. The van der Waals surface area contributed by atoms with E-state index in [2.05, 4.69) is 0 Å². The summed E-state index contributed by atoms with van der Waals surface area (Å²) in [6, 6.07) is 12.8. The Morgan fingerprint density at radius 1 is 1.05 bits per heavy atom. The Labute approximate surface area is 128 Å². The van der Waals surface area contributed by atoms with Gasteiger partial charge in [0.05, 0.1) is 25.9 Å². The molecule has 1 N–H and O–H groups in total. The van der Waals surface area contributed by atoms with Crippen molar-refractivity contribution in [2.45, 2.75) is 6.42 Å². The molecule has 0 aliphatic rings. The first-order valence-corrected chi connectivity index (χ1v) is 6.51. The molecule has 5 nitrogen and oxygen atoms in total. The topological polar surface area (TPSA) is 86.3 Å². The number of hydrogen-bond acceptors (Lipinski definition) is 5. The SMILES string of the molecule is COc1ccccc1Cc1c(C#N)cc(OC)c(O)c1C#N. The maximum absolute atomic E-state index is 10.1. The van der Waals surface area contributed by atoms with Crippen LogP contribution < -0.4 is 9.47 Å². The van der Waals surface area contributed by atoms with E-state index in [4.69, 9.17) is 9.47 Å². The molecule has 0 fully saturated rings. The van der Waals surface area contributed by atoms with Gasteiger partial charge in [-0.05, 0) is 17.2 Å². The van der Waals surface area contributed by atoms with Gasteiger partial charge in [0.2, 0.25) is 0 Å². The summed E-state index contributed by atoms with van der Waals surface area (Å²) in [6.07, 6.45) is 0.299. The molecule has 0 saturated heterocycles. The fraction of sp³-hybridized carbons (Fsp3) is 0.176. The van der Waals surface area contributed by atoms with E-state index in [1.165, 1.54) is 13.2 Å². The van der Waals surface area contributed by atoms with Crippen molar-refractivity contribution < 1.29 is 14.6 Å². The van der Waals surface area contributed by atoms with Crippen molar-refractivity contribution in [3.05, 3.63) is 52.6 Å². The Kier molecular flexibility index (Phi) is 4.50. The van der Waals surface area contributed by atoms with Crippen molar-refractivity contribution >= 4 is 0 Å². The third-order valence-electron chi connectivity index (χ3n) is 3.38. The van der Waals surface area contributed by atoms with E-state index in [9.17, 15) is 15.6 Å². The Balaban J connectivity index is 2.63. The fourth-order valence-electron chi connectivity index (χ4n) is 2.29. The van der Waals surface area contributed by atoms with Crippen LogP contribution in [-0.2, 0) is 6.42 Å². The molecule has 0 aromatic heterocycles. The van der Waals surface area contributed by atoms with E-state index in [0.29, 0.717) is 17.7 Å². The number of hydrogen-bond donors (Lipinski definition) is 1. The molecule has 0 aliphatic heterocycles. The third kappa shape index (κ3) is 2.65. The average Bonchev–Trinajstić information content (AvgIpc) is 2.56. The van der Waals surface area contributed by atoms with Crippen LogP contribution in [0.1, 0.15) is 22.3 Å². The number of nitrogens with zero attached hydrogens (tertiary/aromatic N) is 2. The molecule has 0 bridgehead atoms. The van der Waals surface area contributed by atoms with E-state index in [1.54, 1.807) is 13.2 Å². The lowest BCUT2D eigenvalue weighted by Gasteiger charge is -2.13. The Bertz CT molecular complexity index is 786. The van der Waals surface area contributed by atoms with Gasteiger partial charge in [-0.25, -0.2) is 0 Å². The summed E-state index contributed by atoms with van der Waals surface area (Å²) in [5, 5.41) is 28.8. The van der Waals surface area contributed by atoms with Crippen molar-refractivity contribution in [2.75, 3.05) is 14.2 Å². The number of phenolic OH excluding ortho intramolecular Hbond substituents is 1. The first kappa shape index (κ1) is 15.2. The summed E-state index contributed by atoms with van der Waals surface area (Å²) in [4.78, 5) is 0. The van der Waals surface area contributed by atoms with E-state index >= 15 is 0 Å². The molecule has 22 heavy (non-hydrogen) atoms. The normalized spacial score (nSPS) is 9.64. The number of nitriles is 2. The van der Waals surface area contributed by atoms with Gasteiger partial charge >= 0.3 is 0 Å². The largest absolute Gasteiger partial charge is 0.503 e. The van der Waals surface area contributed by atoms with Crippen LogP contribution in [0, 0.1) is 22.7 Å². The van der Waals surface area contributed by atoms with E-state index < -0.39 is 0 Å². The molecule has 0 amide bonds. The minimum Gasteiger partial charge on any atom is -0.503 e. The molecular weight excluding hydrogens is 280 g/mol. The van der Waals surface area contributed by atoms with Gasteiger partial charge in [0.15, 0.2) is 11.5 Å². The van der Waals surface area contributed by atoms with Crippen molar-refractivity contribution in [3.63, 3.8) is 0 Å². The number of ether oxygens (including phenoxy) is 2. The second-order valence-electron chi connectivity index (χ2n) is 4.54. The molecule has 0 aliphatic carbocycles.